The van der Waals surface area contributed by atoms with E-state index in [4.69, 9.17) is 0 Å². The van der Waals surface area contributed by atoms with Crippen molar-refractivity contribution in [1.29, 1.82) is 0 Å². The monoisotopic (exact) mass is 347 g/mol. The van der Waals surface area contributed by atoms with E-state index in [1.807, 2.05) is 6.92 Å². The van der Waals surface area contributed by atoms with Gasteiger partial charge < -0.3 is 5.32 Å². The van der Waals surface area contributed by atoms with Gasteiger partial charge in [-0.25, -0.2) is 4.98 Å². The fourth-order valence-electron chi connectivity index (χ4n) is 2.96. The summed E-state index contributed by atoms with van der Waals surface area (Å²) < 4.78 is 3.30. The summed E-state index contributed by atoms with van der Waals surface area (Å²) in [6.07, 6.45) is 8.63. The molecular formula is C17H22BrN3. The van der Waals surface area contributed by atoms with E-state index in [1.54, 1.807) is 0 Å². The van der Waals surface area contributed by atoms with Gasteiger partial charge in [-0.05, 0) is 44.4 Å². The molecule has 1 N–H and O–H groups in total. The lowest BCUT2D eigenvalue weighted by Crippen LogP contribution is -2.24. The molecule has 112 valence electrons. The number of aromatic nitrogens is 2. The van der Waals surface area contributed by atoms with Crippen LogP contribution in [0.15, 0.2) is 28.9 Å². The summed E-state index contributed by atoms with van der Waals surface area (Å²) in [5.74, 6) is 0.968. The number of benzene rings is 1. The zero-order valence-electron chi connectivity index (χ0n) is 12.7. The average molecular weight is 348 g/mol. The Labute approximate surface area is 134 Å². The maximum Gasteiger partial charge on any atom is 0.207 e. The van der Waals surface area contributed by atoms with Crippen LogP contribution in [-0.4, -0.2) is 15.6 Å². The molecule has 21 heavy (non-hydrogen) atoms. The molecule has 1 heterocycles. The Balaban J connectivity index is 1.89. The van der Waals surface area contributed by atoms with E-state index in [2.05, 4.69) is 62.1 Å². The first kappa shape index (κ1) is 14.6. The van der Waals surface area contributed by atoms with Crippen molar-refractivity contribution in [2.24, 2.45) is 0 Å². The van der Waals surface area contributed by atoms with Crippen LogP contribution in [0.25, 0.3) is 5.69 Å². The molecule has 1 aromatic carbocycles. The van der Waals surface area contributed by atoms with E-state index in [0.29, 0.717) is 6.04 Å². The lowest BCUT2D eigenvalue weighted by molar-refractivity contribution is 0.460. The summed E-state index contributed by atoms with van der Waals surface area (Å²) in [6, 6.07) is 7.00. The third kappa shape index (κ3) is 3.31. The minimum atomic E-state index is 0.563. The molecule has 1 aromatic heterocycles. The lowest BCUT2D eigenvalue weighted by atomic mass is 9.96. The highest BCUT2D eigenvalue weighted by atomic mass is 79.9. The molecule has 0 spiro atoms. The standard InChI is InChI=1S/C17H22BrN3/c1-12-8-9-15(10-16(12)18)21-11-13(2)19-17(21)20-14-6-4-3-5-7-14/h8-11,14H,3-7H2,1-2H3,(H,19,20). The molecule has 2 aromatic rings. The molecule has 1 aliphatic rings. The Morgan fingerprint density at radius 1 is 1.19 bits per heavy atom. The second kappa shape index (κ2) is 6.22. The van der Waals surface area contributed by atoms with Gasteiger partial charge in [-0.3, -0.25) is 4.57 Å². The van der Waals surface area contributed by atoms with Crippen molar-refractivity contribution >= 4 is 21.9 Å². The van der Waals surface area contributed by atoms with Crippen LogP contribution in [0.4, 0.5) is 5.95 Å². The van der Waals surface area contributed by atoms with Crippen LogP contribution < -0.4 is 5.32 Å². The summed E-state index contributed by atoms with van der Waals surface area (Å²) in [4.78, 5) is 4.67. The molecule has 0 aliphatic heterocycles. The molecule has 0 saturated heterocycles. The quantitative estimate of drug-likeness (QED) is 0.846. The van der Waals surface area contributed by atoms with Gasteiger partial charge >= 0.3 is 0 Å². The molecule has 3 nitrogen and oxygen atoms in total. The molecule has 0 amide bonds. The molecule has 1 fully saturated rings. The number of hydrogen-bond donors (Lipinski definition) is 1. The number of nitrogens with one attached hydrogen (secondary N) is 1. The minimum Gasteiger partial charge on any atom is -0.353 e. The number of anilines is 1. The van der Waals surface area contributed by atoms with E-state index in [1.165, 1.54) is 37.7 Å². The van der Waals surface area contributed by atoms with Crippen molar-refractivity contribution in [3.8, 4) is 5.69 Å². The highest BCUT2D eigenvalue weighted by molar-refractivity contribution is 9.10. The van der Waals surface area contributed by atoms with Gasteiger partial charge in [0.15, 0.2) is 0 Å². The predicted octanol–water partition coefficient (Wildman–Crippen LogP) is 5.00. The predicted molar refractivity (Wildman–Crippen MR) is 91.2 cm³/mol. The van der Waals surface area contributed by atoms with Crippen LogP contribution in [0.2, 0.25) is 0 Å². The van der Waals surface area contributed by atoms with Crippen molar-refractivity contribution in [3.63, 3.8) is 0 Å². The van der Waals surface area contributed by atoms with Gasteiger partial charge in [0.1, 0.15) is 0 Å². The molecule has 4 heteroatoms. The summed E-state index contributed by atoms with van der Waals surface area (Å²) >= 11 is 3.62. The second-order valence-corrected chi connectivity index (χ2v) is 6.84. The maximum atomic E-state index is 4.67. The Hall–Kier alpha value is -1.29. The highest BCUT2D eigenvalue weighted by Crippen LogP contribution is 2.25. The first-order valence-corrected chi connectivity index (χ1v) is 8.52. The van der Waals surface area contributed by atoms with Crippen molar-refractivity contribution in [1.82, 2.24) is 9.55 Å². The Bertz CT molecular complexity index is 627. The number of hydrogen-bond acceptors (Lipinski definition) is 2. The van der Waals surface area contributed by atoms with Crippen LogP contribution in [0, 0.1) is 13.8 Å². The highest BCUT2D eigenvalue weighted by Gasteiger charge is 2.16. The number of nitrogens with zero attached hydrogens (tertiary/aromatic N) is 2. The van der Waals surface area contributed by atoms with Crippen LogP contribution >= 0.6 is 15.9 Å². The first-order chi connectivity index (χ1) is 10.1. The number of aryl methyl sites for hydroxylation is 2. The number of imidazole rings is 1. The second-order valence-electron chi connectivity index (χ2n) is 5.99. The average Bonchev–Trinajstić information content (AvgIpc) is 2.84. The summed E-state index contributed by atoms with van der Waals surface area (Å²) in [6.45, 7) is 4.15. The van der Waals surface area contributed by atoms with E-state index in [9.17, 15) is 0 Å². The molecule has 1 saturated carbocycles. The normalized spacial score (nSPS) is 16.1. The molecule has 0 bridgehead atoms. The van der Waals surface area contributed by atoms with Crippen LogP contribution in [0.3, 0.4) is 0 Å². The Kier molecular flexibility index (Phi) is 4.34. The Morgan fingerprint density at radius 3 is 2.67 bits per heavy atom. The fourth-order valence-corrected chi connectivity index (χ4v) is 3.32. The molecule has 0 radical (unpaired) electrons. The van der Waals surface area contributed by atoms with Crippen LogP contribution in [0.5, 0.6) is 0 Å². The molecule has 0 unspecified atom stereocenters. The molecule has 3 rings (SSSR count). The zero-order valence-corrected chi connectivity index (χ0v) is 14.3. The summed E-state index contributed by atoms with van der Waals surface area (Å²) in [5.41, 5.74) is 3.44. The van der Waals surface area contributed by atoms with Gasteiger partial charge in [-0.1, -0.05) is 41.3 Å². The van der Waals surface area contributed by atoms with Crippen LogP contribution in [-0.2, 0) is 0 Å². The Morgan fingerprint density at radius 2 is 1.95 bits per heavy atom. The molecular weight excluding hydrogens is 326 g/mol. The first-order valence-electron chi connectivity index (χ1n) is 7.72. The number of rotatable bonds is 3. The summed E-state index contributed by atoms with van der Waals surface area (Å²) in [5, 5.41) is 3.64. The lowest BCUT2D eigenvalue weighted by Gasteiger charge is -2.23. The van der Waals surface area contributed by atoms with Gasteiger partial charge in [0.25, 0.3) is 0 Å². The smallest absolute Gasteiger partial charge is 0.207 e. The topological polar surface area (TPSA) is 29.9 Å². The molecule has 0 atom stereocenters. The van der Waals surface area contributed by atoms with E-state index in [0.717, 1.165) is 21.8 Å². The van der Waals surface area contributed by atoms with E-state index in [-0.39, 0.29) is 0 Å². The van der Waals surface area contributed by atoms with Gasteiger partial charge in [-0.15, -0.1) is 0 Å². The van der Waals surface area contributed by atoms with Crippen molar-refractivity contribution in [3.05, 3.63) is 40.1 Å². The van der Waals surface area contributed by atoms with Crippen molar-refractivity contribution in [2.45, 2.75) is 52.0 Å². The van der Waals surface area contributed by atoms with Gasteiger partial charge in [0, 0.05) is 22.4 Å². The third-order valence-corrected chi connectivity index (χ3v) is 5.05. The zero-order chi connectivity index (χ0) is 14.8. The fraction of sp³-hybridized carbons (Fsp3) is 0.471. The van der Waals surface area contributed by atoms with E-state index < -0.39 is 0 Å². The van der Waals surface area contributed by atoms with Gasteiger partial charge in [-0.2, -0.15) is 0 Å². The third-order valence-electron chi connectivity index (χ3n) is 4.20. The van der Waals surface area contributed by atoms with E-state index >= 15 is 0 Å². The maximum absolute atomic E-state index is 4.67. The van der Waals surface area contributed by atoms with Gasteiger partial charge in [0.05, 0.1) is 5.69 Å². The van der Waals surface area contributed by atoms with Crippen molar-refractivity contribution in [2.75, 3.05) is 5.32 Å². The van der Waals surface area contributed by atoms with Crippen LogP contribution in [0.1, 0.15) is 43.4 Å². The van der Waals surface area contributed by atoms with Gasteiger partial charge in [0.2, 0.25) is 5.95 Å². The van der Waals surface area contributed by atoms with Crippen molar-refractivity contribution < 1.29 is 0 Å². The largest absolute Gasteiger partial charge is 0.353 e. The number of halogens is 1. The minimum absolute atomic E-state index is 0.563. The molecule has 1 aliphatic carbocycles. The summed E-state index contributed by atoms with van der Waals surface area (Å²) in [7, 11) is 0. The SMILES string of the molecule is Cc1cn(-c2ccc(C)c(Br)c2)c(NC2CCCCC2)n1.